The first-order valence-electron chi connectivity index (χ1n) is 8.60. The summed E-state index contributed by atoms with van der Waals surface area (Å²) in [5.41, 5.74) is 0.522. The zero-order chi connectivity index (χ0) is 18.0. The Bertz CT molecular complexity index is 608. The van der Waals surface area contributed by atoms with Crippen molar-refractivity contribution in [2.24, 2.45) is 0 Å². The molecule has 0 spiro atoms. The molecule has 1 amide bonds. The van der Waals surface area contributed by atoms with Crippen molar-refractivity contribution < 1.29 is 19.4 Å². The smallest absolute Gasteiger partial charge is 0.409 e. The van der Waals surface area contributed by atoms with Crippen molar-refractivity contribution in [2.45, 2.75) is 50.3 Å². The van der Waals surface area contributed by atoms with Crippen LogP contribution in [-0.4, -0.2) is 57.7 Å². The lowest BCUT2D eigenvalue weighted by Gasteiger charge is -2.31. The molecule has 1 aromatic rings. The fourth-order valence-electron chi connectivity index (χ4n) is 3.56. The van der Waals surface area contributed by atoms with Crippen molar-refractivity contribution >= 4 is 18.0 Å². The maximum atomic E-state index is 11.6. The Balaban J connectivity index is 1.53. The van der Waals surface area contributed by atoms with Gasteiger partial charge < -0.3 is 14.6 Å². The lowest BCUT2D eigenvalue weighted by atomic mass is 10.1. The SMILES string of the molecule is COc1ccc(CN2CCC(C[C@H]3COC(C)(C)N3C(=O)O)S2)cc1. The van der Waals surface area contributed by atoms with Crippen molar-refractivity contribution in [3.63, 3.8) is 0 Å². The first-order valence-corrected chi connectivity index (χ1v) is 9.43. The van der Waals surface area contributed by atoms with E-state index in [0.717, 1.165) is 31.7 Å². The molecule has 2 aliphatic heterocycles. The second-order valence-corrected chi connectivity index (χ2v) is 8.42. The van der Waals surface area contributed by atoms with Gasteiger partial charge in [0.15, 0.2) is 0 Å². The van der Waals surface area contributed by atoms with Gasteiger partial charge in [0.1, 0.15) is 11.5 Å². The van der Waals surface area contributed by atoms with Gasteiger partial charge in [-0.3, -0.25) is 4.90 Å². The van der Waals surface area contributed by atoms with Crippen LogP contribution in [-0.2, 0) is 11.3 Å². The van der Waals surface area contributed by atoms with Gasteiger partial charge in [-0.25, -0.2) is 9.10 Å². The van der Waals surface area contributed by atoms with E-state index in [2.05, 4.69) is 16.4 Å². The third-order valence-corrected chi connectivity index (χ3v) is 6.17. The molecule has 0 aromatic heterocycles. The molecule has 138 valence electrons. The fraction of sp³-hybridized carbons (Fsp3) is 0.611. The average Bonchev–Trinajstić information content (AvgIpc) is 3.12. The van der Waals surface area contributed by atoms with E-state index in [0.29, 0.717) is 11.9 Å². The molecule has 1 unspecified atom stereocenters. The summed E-state index contributed by atoms with van der Waals surface area (Å²) in [4.78, 5) is 13.0. The van der Waals surface area contributed by atoms with Crippen LogP contribution in [0.5, 0.6) is 5.75 Å². The lowest BCUT2D eigenvalue weighted by Crippen LogP contribution is -2.47. The van der Waals surface area contributed by atoms with E-state index >= 15 is 0 Å². The van der Waals surface area contributed by atoms with Gasteiger partial charge in [-0.2, -0.15) is 0 Å². The second kappa shape index (κ2) is 7.43. The molecule has 0 aliphatic carbocycles. The first kappa shape index (κ1) is 18.4. The Kier molecular flexibility index (Phi) is 5.46. The molecule has 0 radical (unpaired) electrons. The lowest BCUT2D eigenvalue weighted by molar-refractivity contribution is -0.0421. The molecule has 2 atom stereocenters. The number of methoxy groups -OCH3 is 1. The minimum Gasteiger partial charge on any atom is -0.497 e. The second-order valence-electron chi connectivity index (χ2n) is 7.03. The van der Waals surface area contributed by atoms with Crippen LogP contribution >= 0.6 is 11.9 Å². The molecule has 3 rings (SSSR count). The molecule has 25 heavy (non-hydrogen) atoms. The maximum absolute atomic E-state index is 11.6. The molecule has 0 bridgehead atoms. The molecule has 2 heterocycles. The predicted octanol–water partition coefficient (Wildman–Crippen LogP) is 3.42. The van der Waals surface area contributed by atoms with E-state index < -0.39 is 11.8 Å². The minimum atomic E-state index is -0.898. The van der Waals surface area contributed by atoms with Gasteiger partial charge in [0.05, 0.1) is 19.8 Å². The van der Waals surface area contributed by atoms with Crippen LogP contribution in [0.3, 0.4) is 0 Å². The van der Waals surface area contributed by atoms with Crippen molar-refractivity contribution in [1.29, 1.82) is 0 Å². The summed E-state index contributed by atoms with van der Waals surface area (Å²) in [6, 6.07) is 8.08. The number of ether oxygens (including phenoxy) is 2. The van der Waals surface area contributed by atoms with Gasteiger partial charge >= 0.3 is 6.09 Å². The van der Waals surface area contributed by atoms with Gasteiger partial charge in [-0.1, -0.05) is 24.1 Å². The summed E-state index contributed by atoms with van der Waals surface area (Å²) in [6.45, 7) is 6.03. The summed E-state index contributed by atoms with van der Waals surface area (Å²) < 4.78 is 13.2. The molecule has 2 aliphatic rings. The first-order chi connectivity index (χ1) is 11.9. The van der Waals surface area contributed by atoms with Gasteiger partial charge in [0.25, 0.3) is 0 Å². The Morgan fingerprint density at radius 2 is 2.12 bits per heavy atom. The largest absolute Gasteiger partial charge is 0.497 e. The topological polar surface area (TPSA) is 62.2 Å². The standard InChI is InChI=1S/C18H26N2O4S/c1-18(2)20(17(21)22)14(12-24-18)10-16-8-9-19(25-16)11-13-4-6-15(23-3)7-5-13/h4-7,14,16H,8-12H2,1-3H3,(H,21,22)/t14-,16?/m0/s1. The molecule has 0 saturated carbocycles. The Hall–Kier alpha value is -1.44. The number of nitrogens with zero attached hydrogens (tertiary/aromatic N) is 2. The van der Waals surface area contributed by atoms with Crippen molar-refractivity contribution in [1.82, 2.24) is 9.21 Å². The maximum Gasteiger partial charge on any atom is 0.409 e. The molecular weight excluding hydrogens is 340 g/mol. The van der Waals surface area contributed by atoms with Crippen molar-refractivity contribution in [3.05, 3.63) is 29.8 Å². The highest BCUT2D eigenvalue weighted by Gasteiger charge is 2.45. The minimum absolute atomic E-state index is 0.0639. The van der Waals surface area contributed by atoms with Gasteiger partial charge in [-0.15, -0.1) is 0 Å². The third-order valence-electron chi connectivity index (χ3n) is 4.83. The van der Waals surface area contributed by atoms with Crippen LogP contribution in [0.2, 0.25) is 0 Å². The van der Waals surface area contributed by atoms with Crippen LogP contribution in [0.25, 0.3) is 0 Å². The van der Waals surface area contributed by atoms with E-state index in [1.165, 1.54) is 10.5 Å². The summed E-state index contributed by atoms with van der Waals surface area (Å²) in [7, 11) is 1.67. The van der Waals surface area contributed by atoms with Crippen molar-refractivity contribution in [2.75, 3.05) is 20.3 Å². The molecule has 2 saturated heterocycles. The predicted molar refractivity (Wildman–Crippen MR) is 97.7 cm³/mol. The monoisotopic (exact) mass is 366 g/mol. The molecule has 2 fully saturated rings. The Labute approximate surface area is 153 Å². The van der Waals surface area contributed by atoms with E-state index in [1.54, 1.807) is 7.11 Å². The average molecular weight is 366 g/mol. The van der Waals surface area contributed by atoms with Crippen molar-refractivity contribution in [3.8, 4) is 5.75 Å². The molecular formula is C18H26N2O4S. The quantitative estimate of drug-likeness (QED) is 0.806. The summed E-state index contributed by atoms with van der Waals surface area (Å²) in [5.74, 6) is 0.869. The number of hydrogen-bond acceptors (Lipinski definition) is 5. The number of carboxylic acid groups (broad SMARTS) is 1. The number of rotatable bonds is 5. The Morgan fingerprint density at radius 3 is 2.76 bits per heavy atom. The highest BCUT2D eigenvalue weighted by molar-refractivity contribution is 7.97. The van der Waals surface area contributed by atoms with Gasteiger partial charge in [0, 0.05) is 18.3 Å². The van der Waals surface area contributed by atoms with E-state index in [4.69, 9.17) is 9.47 Å². The zero-order valence-electron chi connectivity index (χ0n) is 15.0. The van der Waals surface area contributed by atoms with E-state index in [-0.39, 0.29) is 6.04 Å². The van der Waals surface area contributed by atoms with E-state index in [9.17, 15) is 9.90 Å². The normalized spacial score (nSPS) is 26.1. The number of amides is 1. The molecule has 6 nitrogen and oxygen atoms in total. The number of hydrogen-bond donors (Lipinski definition) is 1. The van der Waals surface area contributed by atoms with Gasteiger partial charge in [0.2, 0.25) is 0 Å². The third kappa shape index (κ3) is 4.22. The highest BCUT2D eigenvalue weighted by Crippen LogP contribution is 2.37. The summed E-state index contributed by atoms with van der Waals surface area (Å²) >= 11 is 1.84. The Morgan fingerprint density at radius 1 is 1.40 bits per heavy atom. The van der Waals surface area contributed by atoms with Crippen LogP contribution in [0, 0.1) is 0 Å². The molecule has 7 heteroatoms. The summed E-state index contributed by atoms with van der Waals surface area (Å²) in [5, 5.41) is 9.93. The molecule has 1 aromatic carbocycles. The highest BCUT2D eigenvalue weighted by atomic mass is 32.2. The van der Waals surface area contributed by atoms with Crippen LogP contribution in [0.4, 0.5) is 4.79 Å². The van der Waals surface area contributed by atoms with E-state index in [1.807, 2.05) is 37.9 Å². The number of carbonyl (C=O) groups is 1. The van der Waals surface area contributed by atoms with Crippen LogP contribution in [0.1, 0.15) is 32.3 Å². The zero-order valence-corrected chi connectivity index (χ0v) is 15.8. The molecule has 1 N–H and O–H groups in total. The summed E-state index contributed by atoms with van der Waals surface area (Å²) in [6.07, 6.45) is 1.01. The fourth-order valence-corrected chi connectivity index (χ4v) is 4.94. The van der Waals surface area contributed by atoms with Crippen LogP contribution < -0.4 is 4.74 Å². The van der Waals surface area contributed by atoms with Gasteiger partial charge in [-0.05, 0) is 44.4 Å². The van der Waals surface area contributed by atoms with Crippen LogP contribution in [0.15, 0.2) is 24.3 Å². The number of benzene rings is 1.